The fraction of sp³-hybridized carbons (Fsp3) is 0.929. The monoisotopic (exact) mass is 337 g/mol. The Morgan fingerprint density at radius 1 is 1.27 bits per heavy atom. The van der Waals surface area contributed by atoms with E-state index in [1.54, 1.807) is 11.8 Å². The molecule has 0 spiro atoms. The fourth-order valence-electron chi connectivity index (χ4n) is 2.09. The molecule has 7 nitrogen and oxygen atoms in total. The lowest BCUT2D eigenvalue weighted by molar-refractivity contribution is -0.0522. The molecule has 0 N–H and O–H groups in total. The predicted molar refractivity (Wildman–Crippen MR) is 82.2 cm³/mol. The van der Waals surface area contributed by atoms with Gasteiger partial charge in [-0.25, -0.2) is 4.79 Å². The van der Waals surface area contributed by atoms with Crippen LogP contribution in [0.3, 0.4) is 0 Å². The number of piperidine rings is 1. The molecule has 1 atom stereocenters. The first-order chi connectivity index (χ1) is 9.96. The Bertz CT molecular complexity index is 462. The molecule has 1 aliphatic heterocycles. The second-order valence-electron chi connectivity index (χ2n) is 6.60. The van der Waals surface area contributed by atoms with Crippen LogP contribution in [0.4, 0.5) is 4.79 Å². The minimum absolute atomic E-state index is 0.00292. The van der Waals surface area contributed by atoms with Crippen LogP contribution in [-0.2, 0) is 23.8 Å². The van der Waals surface area contributed by atoms with Gasteiger partial charge >= 0.3 is 6.09 Å². The average Bonchev–Trinajstić information content (AvgIpc) is 2.34. The molecule has 0 bridgehead atoms. The summed E-state index contributed by atoms with van der Waals surface area (Å²) in [4.78, 5) is 13.6. The second kappa shape index (κ2) is 7.61. The van der Waals surface area contributed by atoms with Crippen molar-refractivity contribution < 1.29 is 26.9 Å². The Labute approximate surface area is 133 Å². The third-order valence-corrected chi connectivity index (χ3v) is 3.60. The normalized spacial score (nSPS) is 19.0. The van der Waals surface area contributed by atoms with Crippen molar-refractivity contribution in [3.63, 3.8) is 0 Å². The summed E-state index contributed by atoms with van der Waals surface area (Å²) in [6, 6.07) is 0. The van der Waals surface area contributed by atoms with Crippen LogP contribution in [0.1, 0.15) is 40.5 Å². The first-order valence-corrected chi connectivity index (χ1v) is 9.26. The summed E-state index contributed by atoms with van der Waals surface area (Å²) in [7, 11) is -3.45. The number of rotatable bonds is 5. The lowest BCUT2D eigenvalue weighted by Gasteiger charge is -2.34. The van der Waals surface area contributed by atoms with E-state index < -0.39 is 15.7 Å². The first-order valence-electron chi connectivity index (χ1n) is 7.44. The molecule has 0 saturated carbocycles. The van der Waals surface area contributed by atoms with Crippen molar-refractivity contribution in [2.45, 2.75) is 58.3 Å². The Morgan fingerprint density at radius 2 is 1.82 bits per heavy atom. The molecule has 1 aliphatic rings. The summed E-state index contributed by atoms with van der Waals surface area (Å²) < 4.78 is 37.6. The van der Waals surface area contributed by atoms with E-state index in [0.717, 1.165) is 6.26 Å². The minimum atomic E-state index is -3.45. The van der Waals surface area contributed by atoms with Crippen LogP contribution in [0, 0.1) is 0 Å². The zero-order valence-electron chi connectivity index (χ0n) is 14.0. The van der Waals surface area contributed by atoms with Crippen LogP contribution in [0.25, 0.3) is 0 Å². The van der Waals surface area contributed by atoms with Gasteiger partial charge in [-0.15, -0.1) is 0 Å². The summed E-state index contributed by atoms with van der Waals surface area (Å²) in [5.41, 5.74) is -0.498. The SMILES string of the molecule is C[C@@H](COS(C)(=O)=O)OC1CCN(C(=O)OC(C)(C)C)CC1. The molecule has 1 heterocycles. The number of amides is 1. The number of nitrogens with zero attached hydrogens (tertiary/aromatic N) is 1. The Kier molecular flexibility index (Phi) is 6.64. The van der Waals surface area contributed by atoms with Gasteiger partial charge in [0, 0.05) is 13.1 Å². The summed E-state index contributed by atoms with van der Waals surface area (Å²) >= 11 is 0. The topological polar surface area (TPSA) is 82.1 Å². The van der Waals surface area contributed by atoms with Crippen molar-refractivity contribution in [3.8, 4) is 0 Å². The van der Waals surface area contributed by atoms with Gasteiger partial charge < -0.3 is 14.4 Å². The first kappa shape index (κ1) is 19.2. The van der Waals surface area contributed by atoms with E-state index in [0.29, 0.717) is 25.9 Å². The van der Waals surface area contributed by atoms with E-state index in [4.69, 9.17) is 13.7 Å². The van der Waals surface area contributed by atoms with Crippen LogP contribution in [0.15, 0.2) is 0 Å². The second-order valence-corrected chi connectivity index (χ2v) is 8.25. The van der Waals surface area contributed by atoms with Crippen LogP contribution in [-0.4, -0.2) is 63.2 Å². The van der Waals surface area contributed by atoms with Crippen molar-refractivity contribution in [2.75, 3.05) is 26.0 Å². The standard InChI is InChI=1S/C14H27NO6S/c1-11(10-19-22(5,17)18)20-12-6-8-15(9-7-12)13(16)21-14(2,3)4/h11-12H,6-10H2,1-5H3/t11-/m0/s1. The van der Waals surface area contributed by atoms with Crippen molar-refractivity contribution >= 4 is 16.2 Å². The van der Waals surface area contributed by atoms with E-state index in [2.05, 4.69) is 0 Å². The van der Waals surface area contributed by atoms with Gasteiger partial charge in [0.2, 0.25) is 0 Å². The number of hydrogen-bond acceptors (Lipinski definition) is 6. The molecule has 0 radical (unpaired) electrons. The number of likely N-dealkylation sites (tertiary alicyclic amines) is 1. The maximum atomic E-state index is 11.9. The van der Waals surface area contributed by atoms with Crippen LogP contribution < -0.4 is 0 Å². The third kappa shape index (κ3) is 7.95. The zero-order valence-corrected chi connectivity index (χ0v) is 14.8. The summed E-state index contributed by atoms with van der Waals surface area (Å²) in [6.07, 6.45) is 1.79. The lowest BCUT2D eigenvalue weighted by atomic mass is 10.1. The van der Waals surface area contributed by atoms with Gasteiger partial charge in [0.05, 0.1) is 25.1 Å². The van der Waals surface area contributed by atoms with Crippen LogP contribution in [0.2, 0.25) is 0 Å². The number of hydrogen-bond donors (Lipinski definition) is 0. The van der Waals surface area contributed by atoms with Gasteiger partial charge in [0.1, 0.15) is 5.60 Å². The molecule has 0 unspecified atom stereocenters. The number of carbonyl (C=O) groups is 1. The van der Waals surface area contributed by atoms with E-state index in [1.165, 1.54) is 0 Å². The van der Waals surface area contributed by atoms with Gasteiger partial charge in [-0.3, -0.25) is 4.18 Å². The molecule has 1 fully saturated rings. The number of ether oxygens (including phenoxy) is 2. The quantitative estimate of drug-likeness (QED) is 0.711. The molecular weight excluding hydrogens is 310 g/mol. The van der Waals surface area contributed by atoms with Crippen molar-refractivity contribution in [1.82, 2.24) is 4.90 Å². The Morgan fingerprint density at radius 3 is 2.27 bits per heavy atom. The van der Waals surface area contributed by atoms with E-state index >= 15 is 0 Å². The van der Waals surface area contributed by atoms with Gasteiger partial charge in [-0.05, 0) is 40.5 Å². The smallest absolute Gasteiger partial charge is 0.410 e. The van der Waals surface area contributed by atoms with Gasteiger partial charge in [-0.1, -0.05) is 0 Å². The average molecular weight is 337 g/mol. The molecular formula is C14H27NO6S. The van der Waals surface area contributed by atoms with E-state index in [-0.39, 0.29) is 24.9 Å². The molecule has 8 heteroatoms. The summed E-state index contributed by atoms with van der Waals surface area (Å²) in [5.74, 6) is 0. The zero-order chi connectivity index (χ0) is 17.0. The molecule has 130 valence electrons. The molecule has 1 rings (SSSR count). The molecule has 22 heavy (non-hydrogen) atoms. The highest BCUT2D eigenvalue weighted by atomic mass is 32.2. The van der Waals surface area contributed by atoms with Gasteiger partial charge in [0.15, 0.2) is 0 Å². The van der Waals surface area contributed by atoms with Gasteiger partial charge in [0.25, 0.3) is 10.1 Å². The largest absolute Gasteiger partial charge is 0.444 e. The summed E-state index contributed by atoms with van der Waals surface area (Å²) in [6.45, 7) is 8.42. The highest BCUT2D eigenvalue weighted by Gasteiger charge is 2.28. The molecule has 0 aromatic rings. The maximum absolute atomic E-state index is 11.9. The predicted octanol–water partition coefficient (Wildman–Crippen LogP) is 1.77. The Balaban J connectivity index is 2.32. The molecule has 0 aromatic heterocycles. The van der Waals surface area contributed by atoms with Crippen LogP contribution in [0.5, 0.6) is 0 Å². The van der Waals surface area contributed by atoms with Crippen molar-refractivity contribution in [2.24, 2.45) is 0 Å². The minimum Gasteiger partial charge on any atom is -0.444 e. The van der Waals surface area contributed by atoms with Gasteiger partial charge in [-0.2, -0.15) is 8.42 Å². The molecule has 0 aliphatic carbocycles. The van der Waals surface area contributed by atoms with Crippen molar-refractivity contribution in [1.29, 1.82) is 0 Å². The Hall–Kier alpha value is -0.860. The fourth-order valence-corrected chi connectivity index (χ4v) is 2.53. The van der Waals surface area contributed by atoms with E-state index in [9.17, 15) is 13.2 Å². The van der Waals surface area contributed by atoms with E-state index in [1.807, 2.05) is 20.8 Å². The maximum Gasteiger partial charge on any atom is 0.410 e. The summed E-state index contributed by atoms with van der Waals surface area (Å²) in [5, 5.41) is 0. The lowest BCUT2D eigenvalue weighted by Crippen LogP contribution is -2.44. The third-order valence-electron chi connectivity index (χ3n) is 3.04. The molecule has 1 saturated heterocycles. The molecule has 1 amide bonds. The molecule has 0 aromatic carbocycles. The highest BCUT2D eigenvalue weighted by molar-refractivity contribution is 7.85. The number of carbonyl (C=O) groups excluding carboxylic acids is 1. The van der Waals surface area contributed by atoms with Crippen LogP contribution >= 0.6 is 0 Å². The highest BCUT2D eigenvalue weighted by Crippen LogP contribution is 2.18. The van der Waals surface area contributed by atoms with Crippen molar-refractivity contribution in [3.05, 3.63) is 0 Å².